The molecule has 2 rings (SSSR count). The van der Waals surface area contributed by atoms with Crippen molar-refractivity contribution in [3.05, 3.63) is 30.1 Å². The number of rotatable bonds is 5. The summed E-state index contributed by atoms with van der Waals surface area (Å²) < 4.78 is 0. The van der Waals surface area contributed by atoms with Crippen LogP contribution < -0.4 is 10.6 Å². The number of nitrogens with zero attached hydrogens (tertiary/aromatic N) is 1. The Morgan fingerprint density at radius 2 is 2.29 bits per heavy atom. The number of hydrogen-bond donors (Lipinski definition) is 2. The van der Waals surface area contributed by atoms with Crippen LogP contribution >= 0.6 is 0 Å². The third kappa shape index (κ3) is 4.15. The number of nitrogens with one attached hydrogen (secondary N) is 2. The maximum Gasteiger partial charge on any atom is 0.220 e. The van der Waals surface area contributed by atoms with Crippen LogP contribution in [0.1, 0.15) is 18.4 Å². The second kappa shape index (κ2) is 6.35. The van der Waals surface area contributed by atoms with Gasteiger partial charge in [0, 0.05) is 25.4 Å². The smallest absolute Gasteiger partial charge is 0.220 e. The van der Waals surface area contributed by atoms with Crippen molar-refractivity contribution in [1.29, 1.82) is 0 Å². The van der Waals surface area contributed by atoms with Crippen LogP contribution in [0.4, 0.5) is 0 Å². The zero-order chi connectivity index (χ0) is 11.9. The molecule has 1 aromatic heterocycles. The highest BCUT2D eigenvalue weighted by atomic mass is 16.1. The summed E-state index contributed by atoms with van der Waals surface area (Å²) in [5.74, 6) is 0.698. The van der Waals surface area contributed by atoms with E-state index in [0.717, 1.165) is 25.9 Å². The molecule has 0 spiro atoms. The van der Waals surface area contributed by atoms with E-state index in [1.54, 1.807) is 12.4 Å². The molecule has 0 saturated carbocycles. The van der Waals surface area contributed by atoms with Gasteiger partial charge in [0.1, 0.15) is 0 Å². The molecular weight excluding hydrogens is 214 g/mol. The van der Waals surface area contributed by atoms with E-state index in [9.17, 15) is 4.79 Å². The van der Waals surface area contributed by atoms with E-state index < -0.39 is 0 Å². The van der Waals surface area contributed by atoms with Gasteiger partial charge in [-0.05, 0) is 49.5 Å². The number of pyridine rings is 1. The Kier molecular flexibility index (Phi) is 4.50. The van der Waals surface area contributed by atoms with E-state index in [0.29, 0.717) is 18.9 Å². The molecule has 0 aromatic carbocycles. The number of hydrogen-bond acceptors (Lipinski definition) is 3. The van der Waals surface area contributed by atoms with Crippen molar-refractivity contribution in [3.63, 3.8) is 0 Å². The van der Waals surface area contributed by atoms with E-state index >= 15 is 0 Å². The van der Waals surface area contributed by atoms with Crippen LogP contribution in [0, 0.1) is 5.92 Å². The SMILES string of the molecule is O=C(CC1CCNC1)NCCc1ccncc1. The van der Waals surface area contributed by atoms with Gasteiger partial charge in [-0.25, -0.2) is 0 Å². The van der Waals surface area contributed by atoms with Gasteiger partial charge in [-0.15, -0.1) is 0 Å². The molecule has 17 heavy (non-hydrogen) atoms. The maximum atomic E-state index is 11.6. The molecule has 4 heteroatoms. The Bertz CT molecular complexity index is 347. The van der Waals surface area contributed by atoms with Crippen LogP contribution in [0.25, 0.3) is 0 Å². The lowest BCUT2D eigenvalue weighted by atomic mass is 10.0. The summed E-state index contributed by atoms with van der Waals surface area (Å²) in [6.07, 6.45) is 6.21. The topological polar surface area (TPSA) is 54.0 Å². The number of aromatic nitrogens is 1. The molecule has 1 fully saturated rings. The van der Waals surface area contributed by atoms with Gasteiger partial charge in [0.25, 0.3) is 0 Å². The average Bonchev–Trinajstić information content (AvgIpc) is 2.83. The van der Waals surface area contributed by atoms with Crippen molar-refractivity contribution in [3.8, 4) is 0 Å². The fraction of sp³-hybridized carbons (Fsp3) is 0.538. The summed E-state index contributed by atoms with van der Waals surface area (Å²) in [5, 5.41) is 6.24. The molecule has 2 heterocycles. The van der Waals surface area contributed by atoms with Gasteiger partial charge in [0.05, 0.1) is 0 Å². The van der Waals surface area contributed by atoms with E-state index in [4.69, 9.17) is 0 Å². The van der Waals surface area contributed by atoms with Crippen LogP contribution in [0.15, 0.2) is 24.5 Å². The largest absolute Gasteiger partial charge is 0.356 e. The van der Waals surface area contributed by atoms with Crippen LogP contribution in [-0.2, 0) is 11.2 Å². The molecule has 1 amide bonds. The van der Waals surface area contributed by atoms with E-state index in [1.165, 1.54) is 5.56 Å². The first-order valence-electron chi connectivity index (χ1n) is 6.21. The third-order valence-corrected chi connectivity index (χ3v) is 3.12. The molecule has 2 N–H and O–H groups in total. The molecule has 0 radical (unpaired) electrons. The van der Waals surface area contributed by atoms with Crippen LogP contribution in [0.5, 0.6) is 0 Å². The number of carbonyl (C=O) groups is 1. The second-order valence-electron chi connectivity index (χ2n) is 4.52. The zero-order valence-electron chi connectivity index (χ0n) is 9.98. The fourth-order valence-electron chi connectivity index (χ4n) is 2.12. The molecule has 4 nitrogen and oxygen atoms in total. The first-order valence-corrected chi connectivity index (χ1v) is 6.21. The van der Waals surface area contributed by atoms with Crippen molar-refractivity contribution in [2.45, 2.75) is 19.3 Å². The summed E-state index contributed by atoms with van der Waals surface area (Å²) in [5.41, 5.74) is 1.21. The summed E-state index contributed by atoms with van der Waals surface area (Å²) in [6.45, 7) is 2.75. The van der Waals surface area contributed by atoms with Gasteiger partial charge in [0.2, 0.25) is 5.91 Å². The first kappa shape index (κ1) is 12.0. The molecule has 1 unspecified atom stereocenters. The summed E-state index contributed by atoms with van der Waals surface area (Å²) in [6, 6.07) is 3.96. The molecule has 92 valence electrons. The molecule has 1 atom stereocenters. The minimum Gasteiger partial charge on any atom is -0.356 e. The Labute approximate surface area is 102 Å². The Morgan fingerprint density at radius 3 is 3.00 bits per heavy atom. The Balaban J connectivity index is 1.63. The lowest BCUT2D eigenvalue weighted by Gasteiger charge is -2.08. The minimum absolute atomic E-state index is 0.174. The predicted molar refractivity (Wildman–Crippen MR) is 66.5 cm³/mol. The van der Waals surface area contributed by atoms with Crippen molar-refractivity contribution < 1.29 is 4.79 Å². The summed E-state index contributed by atoms with van der Waals surface area (Å²) >= 11 is 0. The highest BCUT2D eigenvalue weighted by molar-refractivity contribution is 5.76. The van der Waals surface area contributed by atoms with Crippen molar-refractivity contribution in [1.82, 2.24) is 15.6 Å². The minimum atomic E-state index is 0.174. The monoisotopic (exact) mass is 233 g/mol. The van der Waals surface area contributed by atoms with Gasteiger partial charge in [0.15, 0.2) is 0 Å². The summed E-state index contributed by atoms with van der Waals surface area (Å²) in [4.78, 5) is 15.6. The van der Waals surface area contributed by atoms with Gasteiger partial charge in [-0.3, -0.25) is 9.78 Å². The van der Waals surface area contributed by atoms with E-state index in [-0.39, 0.29) is 5.91 Å². The molecule has 1 aromatic rings. The quantitative estimate of drug-likeness (QED) is 0.788. The van der Waals surface area contributed by atoms with E-state index in [1.807, 2.05) is 12.1 Å². The Hall–Kier alpha value is -1.42. The average molecular weight is 233 g/mol. The van der Waals surface area contributed by atoms with Crippen LogP contribution in [0.3, 0.4) is 0 Å². The van der Waals surface area contributed by atoms with Gasteiger partial charge < -0.3 is 10.6 Å². The van der Waals surface area contributed by atoms with Gasteiger partial charge >= 0.3 is 0 Å². The second-order valence-corrected chi connectivity index (χ2v) is 4.52. The normalized spacial score (nSPS) is 19.2. The first-order chi connectivity index (χ1) is 8.34. The maximum absolute atomic E-state index is 11.6. The standard InChI is InChI=1S/C13H19N3O/c17-13(9-12-3-7-15-10-12)16-8-4-11-1-5-14-6-2-11/h1-2,5-6,12,15H,3-4,7-10H2,(H,16,17). The lowest BCUT2D eigenvalue weighted by molar-refractivity contribution is -0.121. The lowest BCUT2D eigenvalue weighted by Crippen LogP contribution is -2.28. The third-order valence-electron chi connectivity index (χ3n) is 3.12. The Morgan fingerprint density at radius 1 is 1.47 bits per heavy atom. The molecule has 1 aliphatic rings. The zero-order valence-corrected chi connectivity index (χ0v) is 9.98. The van der Waals surface area contributed by atoms with Crippen molar-refractivity contribution >= 4 is 5.91 Å². The van der Waals surface area contributed by atoms with Gasteiger partial charge in [-0.1, -0.05) is 0 Å². The van der Waals surface area contributed by atoms with Crippen LogP contribution in [-0.4, -0.2) is 30.5 Å². The molecule has 0 aliphatic carbocycles. The van der Waals surface area contributed by atoms with Gasteiger partial charge in [-0.2, -0.15) is 0 Å². The molecule has 1 saturated heterocycles. The fourth-order valence-corrected chi connectivity index (χ4v) is 2.12. The highest BCUT2D eigenvalue weighted by Gasteiger charge is 2.17. The molecular formula is C13H19N3O. The van der Waals surface area contributed by atoms with Crippen molar-refractivity contribution in [2.75, 3.05) is 19.6 Å². The highest BCUT2D eigenvalue weighted by Crippen LogP contribution is 2.11. The predicted octanol–water partition coefficient (Wildman–Crippen LogP) is 0.740. The number of amides is 1. The number of carbonyl (C=O) groups excluding carboxylic acids is 1. The molecule has 0 bridgehead atoms. The van der Waals surface area contributed by atoms with Crippen molar-refractivity contribution in [2.24, 2.45) is 5.92 Å². The van der Waals surface area contributed by atoms with E-state index in [2.05, 4.69) is 15.6 Å². The molecule has 1 aliphatic heterocycles. The summed E-state index contributed by atoms with van der Waals surface area (Å²) in [7, 11) is 0. The van der Waals surface area contributed by atoms with Crippen LogP contribution in [0.2, 0.25) is 0 Å².